The third kappa shape index (κ3) is 2.97. The summed E-state index contributed by atoms with van der Waals surface area (Å²) in [5, 5.41) is 16.9. The van der Waals surface area contributed by atoms with E-state index in [2.05, 4.69) is 5.32 Å². The number of nitro groups is 1. The summed E-state index contributed by atoms with van der Waals surface area (Å²) in [6, 6.07) is 30.6. The minimum absolute atomic E-state index is 0.236. The Morgan fingerprint density at radius 2 is 1.52 bits per heavy atom. The first-order valence-electron chi connectivity index (χ1n) is 10.2. The summed E-state index contributed by atoms with van der Waals surface area (Å²) in [5.41, 5.74) is 1.79. The first-order valence-corrected chi connectivity index (χ1v) is 10.2. The first-order chi connectivity index (χ1) is 15.1. The van der Waals surface area contributed by atoms with Crippen LogP contribution in [0, 0.1) is 10.1 Å². The predicted octanol–water partition coefficient (Wildman–Crippen LogP) is 5.14. The van der Waals surface area contributed by atoms with Gasteiger partial charge in [0.2, 0.25) is 12.5 Å². The van der Waals surface area contributed by atoms with E-state index < -0.39 is 11.3 Å². The number of hydrogen-bond donors (Lipinski definition) is 1. The van der Waals surface area contributed by atoms with Crippen molar-refractivity contribution >= 4 is 22.4 Å². The number of carbonyl (C=O) groups excluding carboxylic acids is 1. The number of amides is 1. The van der Waals surface area contributed by atoms with Crippen LogP contribution in [0.1, 0.15) is 22.6 Å². The molecule has 4 aromatic carbocycles. The van der Waals surface area contributed by atoms with Crippen molar-refractivity contribution in [2.45, 2.75) is 11.3 Å². The third-order valence-corrected chi connectivity index (χ3v) is 6.22. The average molecular weight is 408 g/mol. The van der Waals surface area contributed by atoms with Crippen molar-refractivity contribution in [3.63, 3.8) is 0 Å². The molecular formula is C26H20N2O3. The molecule has 5 rings (SSSR count). The summed E-state index contributed by atoms with van der Waals surface area (Å²) >= 11 is 0. The Morgan fingerprint density at radius 1 is 0.839 bits per heavy atom. The zero-order valence-electron chi connectivity index (χ0n) is 16.7. The first kappa shape index (κ1) is 19.0. The van der Waals surface area contributed by atoms with Gasteiger partial charge in [0.25, 0.3) is 0 Å². The number of fused-ring (bicyclic) bond motifs is 2. The molecule has 1 amide bonds. The van der Waals surface area contributed by atoms with Gasteiger partial charge >= 0.3 is 0 Å². The fourth-order valence-corrected chi connectivity index (χ4v) is 4.88. The second-order valence-electron chi connectivity index (χ2n) is 7.85. The van der Waals surface area contributed by atoms with Crippen LogP contribution < -0.4 is 5.32 Å². The predicted molar refractivity (Wildman–Crippen MR) is 121 cm³/mol. The molecule has 0 saturated carbocycles. The van der Waals surface area contributed by atoms with Crippen LogP contribution in [0.3, 0.4) is 0 Å². The van der Waals surface area contributed by atoms with Crippen LogP contribution >= 0.6 is 0 Å². The van der Waals surface area contributed by atoms with Crippen LogP contribution in [0.2, 0.25) is 0 Å². The largest absolute Gasteiger partial charge is 0.325 e. The Bertz CT molecular complexity index is 1300. The van der Waals surface area contributed by atoms with E-state index in [1.807, 2.05) is 97.1 Å². The number of rotatable bonds is 5. The lowest BCUT2D eigenvalue weighted by Gasteiger charge is -2.35. The van der Waals surface area contributed by atoms with Crippen LogP contribution in [0.4, 0.5) is 5.69 Å². The molecule has 0 spiro atoms. The molecule has 0 saturated heterocycles. The topological polar surface area (TPSA) is 72.2 Å². The zero-order chi connectivity index (χ0) is 21.4. The van der Waals surface area contributed by atoms with Gasteiger partial charge in [-0.05, 0) is 33.5 Å². The van der Waals surface area contributed by atoms with Gasteiger partial charge in [-0.25, -0.2) is 0 Å². The number of hydrogen-bond acceptors (Lipinski definition) is 3. The Balaban J connectivity index is 1.82. The highest BCUT2D eigenvalue weighted by molar-refractivity contribution is 6.09. The molecule has 1 aliphatic heterocycles. The van der Waals surface area contributed by atoms with Gasteiger partial charge in [-0.15, -0.1) is 0 Å². The smallest absolute Gasteiger partial charge is 0.240 e. The quantitative estimate of drug-likeness (QED) is 0.367. The Morgan fingerprint density at radius 3 is 2.29 bits per heavy atom. The van der Waals surface area contributed by atoms with Gasteiger partial charge in [0.15, 0.2) is 0 Å². The maximum Gasteiger partial charge on any atom is 0.240 e. The van der Waals surface area contributed by atoms with Gasteiger partial charge in [0.05, 0.1) is 5.92 Å². The molecule has 0 aliphatic carbocycles. The summed E-state index contributed by atoms with van der Waals surface area (Å²) in [7, 11) is 0. The second-order valence-corrected chi connectivity index (χ2v) is 7.85. The van der Waals surface area contributed by atoms with Gasteiger partial charge in [0.1, 0.15) is 5.41 Å². The number of nitrogens with zero attached hydrogens (tertiary/aromatic N) is 1. The van der Waals surface area contributed by atoms with E-state index in [4.69, 9.17) is 0 Å². The van der Waals surface area contributed by atoms with Crippen molar-refractivity contribution in [3.05, 3.63) is 124 Å². The molecule has 5 nitrogen and oxygen atoms in total. The van der Waals surface area contributed by atoms with E-state index in [1.165, 1.54) is 0 Å². The Labute approximate surface area is 179 Å². The van der Waals surface area contributed by atoms with Crippen molar-refractivity contribution in [2.75, 3.05) is 11.9 Å². The molecule has 31 heavy (non-hydrogen) atoms. The fourth-order valence-electron chi connectivity index (χ4n) is 4.88. The second kappa shape index (κ2) is 7.36. The van der Waals surface area contributed by atoms with Crippen molar-refractivity contribution in [2.24, 2.45) is 0 Å². The van der Waals surface area contributed by atoms with Crippen LogP contribution in [-0.2, 0) is 10.2 Å². The Kier molecular flexibility index (Phi) is 4.51. The highest BCUT2D eigenvalue weighted by Crippen LogP contribution is 2.51. The summed E-state index contributed by atoms with van der Waals surface area (Å²) in [5.74, 6) is -0.918. The number of anilines is 1. The minimum atomic E-state index is -1.20. The van der Waals surface area contributed by atoms with Crippen LogP contribution in [0.15, 0.2) is 97.1 Å². The van der Waals surface area contributed by atoms with Crippen molar-refractivity contribution in [1.29, 1.82) is 0 Å². The maximum atomic E-state index is 13.7. The molecule has 1 heterocycles. The van der Waals surface area contributed by atoms with Gasteiger partial charge < -0.3 is 5.32 Å². The Hall–Kier alpha value is -3.99. The lowest BCUT2D eigenvalue weighted by Crippen LogP contribution is -2.44. The standard InChI is InChI=1S/C26H20N2O3/c29-25-26(21-10-2-1-3-11-21,22-12-6-7-13-24(22)27-25)23(17-28(30)31)20-15-14-18-8-4-5-9-19(18)16-20/h1-16,23H,17H2,(H,27,29)/t23-,26-/m0/s1. The molecule has 0 bridgehead atoms. The molecule has 0 fully saturated rings. The maximum absolute atomic E-state index is 13.7. The lowest BCUT2D eigenvalue weighted by atomic mass is 9.64. The monoisotopic (exact) mass is 408 g/mol. The van der Waals surface area contributed by atoms with E-state index in [0.717, 1.165) is 27.5 Å². The zero-order valence-corrected chi connectivity index (χ0v) is 16.7. The molecule has 1 N–H and O–H groups in total. The van der Waals surface area contributed by atoms with Gasteiger partial charge in [-0.3, -0.25) is 14.9 Å². The average Bonchev–Trinajstić information content (AvgIpc) is 3.10. The summed E-state index contributed by atoms with van der Waals surface area (Å²) in [6.45, 7) is -0.366. The SMILES string of the molecule is O=C1Nc2ccccc2[C@@]1(c1ccccc1)[C@@H](C[N+](=O)[O-])c1ccc2ccccc2c1. The highest BCUT2D eigenvalue weighted by Gasteiger charge is 2.55. The van der Waals surface area contributed by atoms with Crippen LogP contribution in [0.25, 0.3) is 10.8 Å². The molecule has 5 heteroatoms. The number of nitrogens with one attached hydrogen (secondary N) is 1. The molecule has 0 aromatic heterocycles. The molecule has 0 unspecified atom stereocenters. The molecule has 1 aliphatic rings. The highest BCUT2D eigenvalue weighted by atomic mass is 16.6. The molecule has 152 valence electrons. The van der Waals surface area contributed by atoms with E-state index in [0.29, 0.717) is 5.69 Å². The molecular weight excluding hydrogens is 388 g/mol. The summed E-state index contributed by atoms with van der Waals surface area (Å²) in [4.78, 5) is 25.2. The van der Waals surface area contributed by atoms with Gasteiger partial charge in [-0.2, -0.15) is 0 Å². The van der Waals surface area contributed by atoms with Crippen LogP contribution in [0.5, 0.6) is 0 Å². The normalized spacial score (nSPS) is 18.4. The number of benzene rings is 4. The lowest BCUT2D eigenvalue weighted by molar-refractivity contribution is -0.484. The van der Waals surface area contributed by atoms with Crippen molar-refractivity contribution < 1.29 is 9.72 Å². The summed E-state index contributed by atoms with van der Waals surface area (Å²) in [6.07, 6.45) is 0. The fraction of sp³-hybridized carbons (Fsp3) is 0.115. The minimum Gasteiger partial charge on any atom is -0.325 e. The van der Waals surface area contributed by atoms with Crippen molar-refractivity contribution in [3.8, 4) is 0 Å². The van der Waals surface area contributed by atoms with E-state index in [9.17, 15) is 14.9 Å². The molecule has 2 atom stereocenters. The number of carbonyl (C=O) groups is 1. The molecule has 4 aromatic rings. The van der Waals surface area contributed by atoms with E-state index in [-0.39, 0.29) is 17.4 Å². The number of para-hydroxylation sites is 1. The van der Waals surface area contributed by atoms with E-state index >= 15 is 0 Å². The van der Waals surface area contributed by atoms with Crippen LogP contribution in [-0.4, -0.2) is 17.4 Å². The van der Waals surface area contributed by atoms with Crippen molar-refractivity contribution in [1.82, 2.24) is 0 Å². The third-order valence-electron chi connectivity index (χ3n) is 6.22. The van der Waals surface area contributed by atoms with Gasteiger partial charge in [-0.1, -0.05) is 91.0 Å². The summed E-state index contributed by atoms with van der Waals surface area (Å²) < 4.78 is 0. The molecule has 0 radical (unpaired) electrons. The van der Waals surface area contributed by atoms with Gasteiger partial charge in [0, 0.05) is 10.6 Å². The van der Waals surface area contributed by atoms with E-state index in [1.54, 1.807) is 0 Å².